The van der Waals surface area contributed by atoms with Crippen molar-refractivity contribution in [1.29, 1.82) is 0 Å². The average molecular weight is 368 g/mol. The molecule has 0 aliphatic carbocycles. The normalized spacial score (nSPS) is 10.5. The zero-order valence-electron chi connectivity index (χ0n) is 15.4. The first-order valence-electron chi connectivity index (χ1n) is 8.51. The van der Waals surface area contributed by atoms with Gasteiger partial charge in [-0.25, -0.2) is 0 Å². The standard InChI is InChI=1S/C18H28N2O6/c1-19-18(22)15-3-5-16(6-4-15)20-17(21)7-8-24-11-12-26-14-13-25-10-9-23-2/h3-6H,7-14H2,1-2H3,(H,19,22)(H,20,21). The van der Waals surface area contributed by atoms with Crippen molar-refractivity contribution in [1.82, 2.24) is 5.32 Å². The van der Waals surface area contributed by atoms with Crippen molar-refractivity contribution in [2.75, 3.05) is 65.7 Å². The molecule has 0 spiro atoms. The minimum atomic E-state index is -0.167. The van der Waals surface area contributed by atoms with Crippen molar-refractivity contribution in [3.05, 3.63) is 29.8 Å². The maximum absolute atomic E-state index is 11.8. The monoisotopic (exact) mass is 368 g/mol. The minimum absolute atomic E-state index is 0.148. The topological polar surface area (TPSA) is 95.1 Å². The zero-order chi connectivity index (χ0) is 19.0. The van der Waals surface area contributed by atoms with E-state index in [1.807, 2.05) is 0 Å². The minimum Gasteiger partial charge on any atom is -0.382 e. The largest absolute Gasteiger partial charge is 0.382 e. The summed E-state index contributed by atoms with van der Waals surface area (Å²) < 4.78 is 20.8. The van der Waals surface area contributed by atoms with Gasteiger partial charge < -0.3 is 29.6 Å². The van der Waals surface area contributed by atoms with Crippen LogP contribution in [0.25, 0.3) is 0 Å². The third-order valence-corrected chi connectivity index (χ3v) is 3.31. The predicted octanol–water partition coefficient (Wildman–Crippen LogP) is 1.07. The maximum atomic E-state index is 11.8. The van der Waals surface area contributed by atoms with Crippen molar-refractivity contribution in [2.45, 2.75) is 6.42 Å². The van der Waals surface area contributed by atoms with Gasteiger partial charge in [0.25, 0.3) is 5.91 Å². The first-order chi connectivity index (χ1) is 12.7. The van der Waals surface area contributed by atoms with Gasteiger partial charge in [-0.05, 0) is 24.3 Å². The summed E-state index contributed by atoms with van der Waals surface area (Å²) >= 11 is 0. The van der Waals surface area contributed by atoms with Crippen molar-refractivity contribution < 1.29 is 28.5 Å². The highest BCUT2D eigenvalue weighted by molar-refractivity contribution is 5.95. The highest BCUT2D eigenvalue weighted by atomic mass is 16.6. The second-order valence-corrected chi connectivity index (χ2v) is 5.28. The van der Waals surface area contributed by atoms with E-state index in [1.165, 1.54) is 0 Å². The number of methoxy groups -OCH3 is 1. The number of benzene rings is 1. The quantitative estimate of drug-likeness (QED) is 0.477. The van der Waals surface area contributed by atoms with Crippen LogP contribution in [0.2, 0.25) is 0 Å². The van der Waals surface area contributed by atoms with E-state index in [0.717, 1.165) is 0 Å². The van der Waals surface area contributed by atoms with Gasteiger partial charge in [0.05, 0.1) is 52.7 Å². The molecule has 0 saturated carbocycles. The summed E-state index contributed by atoms with van der Waals surface area (Å²) in [4.78, 5) is 23.3. The molecule has 0 unspecified atom stereocenters. The Morgan fingerprint density at radius 1 is 0.846 bits per heavy atom. The summed E-state index contributed by atoms with van der Waals surface area (Å²) in [6, 6.07) is 6.68. The Kier molecular flexibility index (Phi) is 12.0. The number of rotatable bonds is 14. The average Bonchev–Trinajstić information content (AvgIpc) is 2.66. The van der Waals surface area contributed by atoms with Gasteiger partial charge in [0.2, 0.25) is 5.91 Å². The molecular formula is C18H28N2O6. The molecule has 1 aromatic rings. The lowest BCUT2D eigenvalue weighted by molar-refractivity contribution is -0.117. The molecule has 0 aliphatic rings. The number of nitrogens with one attached hydrogen (secondary N) is 2. The molecule has 0 fully saturated rings. The SMILES string of the molecule is CNC(=O)c1ccc(NC(=O)CCOCCOCCOCCOC)cc1. The van der Waals surface area contributed by atoms with Crippen LogP contribution in [0.15, 0.2) is 24.3 Å². The van der Waals surface area contributed by atoms with E-state index in [0.29, 0.717) is 57.5 Å². The summed E-state index contributed by atoms with van der Waals surface area (Å²) in [7, 11) is 3.19. The highest BCUT2D eigenvalue weighted by Gasteiger charge is 2.05. The summed E-state index contributed by atoms with van der Waals surface area (Å²) in [5, 5.41) is 5.29. The summed E-state index contributed by atoms with van der Waals surface area (Å²) in [5.41, 5.74) is 1.18. The highest BCUT2D eigenvalue weighted by Crippen LogP contribution is 2.09. The Balaban J connectivity index is 2.02. The molecule has 1 rings (SSSR count). The van der Waals surface area contributed by atoms with Gasteiger partial charge in [-0.2, -0.15) is 0 Å². The van der Waals surface area contributed by atoms with Gasteiger partial charge in [0.15, 0.2) is 0 Å². The van der Waals surface area contributed by atoms with E-state index in [9.17, 15) is 9.59 Å². The number of anilines is 1. The van der Waals surface area contributed by atoms with Crippen LogP contribution in [0.5, 0.6) is 0 Å². The van der Waals surface area contributed by atoms with Crippen molar-refractivity contribution in [2.24, 2.45) is 0 Å². The Labute approximate surface area is 154 Å². The molecule has 0 aliphatic heterocycles. The first kappa shape index (κ1) is 22.0. The fraction of sp³-hybridized carbons (Fsp3) is 0.556. The number of carbonyl (C=O) groups excluding carboxylic acids is 2. The molecular weight excluding hydrogens is 340 g/mol. The lowest BCUT2D eigenvalue weighted by Gasteiger charge is -2.08. The second-order valence-electron chi connectivity index (χ2n) is 5.28. The fourth-order valence-corrected chi connectivity index (χ4v) is 1.92. The van der Waals surface area contributed by atoms with E-state index in [2.05, 4.69) is 10.6 Å². The predicted molar refractivity (Wildman–Crippen MR) is 97.4 cm³/mol. The summed E-state index contributed by atoms with van der Waals surface area (Å²) in [6.45, 7) is 3.34. The van der Waals surface area contributed by atoms with Crippen molar-refractivity contribution >= 4 is 17.5 Å². The van der Waals surface area contributed by atoms with Crippen LogP contribution in [-0.2, 0) is 23.7 Å². The Bertz CT molecular complexity index is 521. The molecule has 2 N–H and O–H groups in total. The molecule has 0 radical (unpaired) electrons. The Morgan fingerprint density at radius 2 is 1.38 bits per heavy atom. The Morgan fingerprint density at radius 3 is 1.92 bits per heavy atom. The molecule has 2 amide bonds. The zero-order valence-corrected chi connectivity index (χ0v) is 15.4. The molecule has 0 bridgehead atoms. The van der Waals surface area contributed by atoms with Gasteiger partial charge in [0, 0.05) is 25.4 Å². The van der Waals surface area contributed by atoms with Gasteiger partial charge in [-0.3, -0.25) is 9.59 Å². The number of carbonyl (C=O) groups is 2. The number of ether oxygens (including phenoxy) is 4. The number of amides is 2. The van der Waals surface area contributed by atoms with Crippen LogP contribution >= 0.6 is 0 Å². The third-order valence-electron chi connectivity index (χ3n) is 3.31. The smallest absolute Gasteiger partial charge is 0.251 e. The van der Waals surface area contributed by atoms with E-state index < -0.39 is 0 Å². The van der Waals surface area contributed by atoms with Gasteiger partial charge >= 0.3 is 0 Å². The van der Waals surface area contributed by atoms with Gasteiger partial charge in [0.1, 0.15) is 0 Å². The molecule has 0 aromatic heterocycles. The van der Waals surface area contributed by atoms with Crippen LogP contribution in [0, 0.1) is 0 Å². The Hall–Kier alpha value is -2.00. The second kappa shape index (κ2) is 14.2. The van der Waals surface area contributed by atoms with E-state index in [-0.39, 0.29) is 18.2 Å². The van der Waals surface area contributed by atoms with E-state index in [4.69, 9.17) is 18.9 Å². The summed E-state index contributed by atoms with van der Waals surface area (Å²) in [5.74, 6) is -0.315. The first-order valence-corrected chi connectivity index (χ1v) is 8.51. The van der Waals surface area contributed by atoms with E-state index >= 15 is 0 Å². The molecule has 0 atom stereocenters. The van der Waals surface area contributed by atoms with Crippen LogP contribution < -0.4 is 10.6 Å². The van der Waals surface area contributed by atoms with Crippen LogP contribution in [0.4, 0.5) is 5.69 Å². The third kappa shape index (κ3) is 10.1. The van der Waals surface area contributed by atoms with Crippen molar-refractivity contribution in [3.8, 4) is 0 Å². The molecule has 0 saturated heterocycles. The summed E-state index contributed by atoms with van der Waals surface area (Å²) in [6.07, 6.45) is 0.247. The van der Waals surface area contributed by atoms with Crippen LogP contribution in [0.1, 0.15) is 16.8 Å². The van der Waals surface area contributed by atoms with Crippen LogP contribution in [0.3, 0.4) is 0 Å². The fourth-order valence-electron chi connectivity index (χ4n) is 1.92. The molecule has 26 heavy (non-hydrogen) atoms. The van der Waals surface area contributed by atoms with Crippen LogP contribution in [-0.4, -0.2) is 72.2 Å². The van der Waals surface area contributed by atoms with Crippen molar-refractivity contribution in [3.63, 3.8) is 0 Å². The van der Waals surface area contributed by atoms with Gasteiger partial charge in [-0.15, -0.1) is 0 Å². The van der Waals surface area contributed by atoms with E-state index in [1.54, 1.807) is 38.4 Å². The molecule has 146 valence electrons. The molecule has 1 aromatic carbocycles. The molecule has 0 heterocycles. The lowest BCUT2D eigenvalue weighted by atomic mass is 10.2. The maximum Gasteiger partial charge on any atom is 0.251 e. The number of hydrogen-bond acceptors (Lipinski definition) is 6. The number of hydrogen-bond donors (Lipinski definition) is 2. The van der Waals surface area contributed by atoms with Gasteiger partial charge in [-0.1, -0.05) is 0 Å². The molecule has 8 nitrogen and oxygen atoms in total. The molecule has 8 heteroatoms. The lowest BCUT2D eigenvalue weighted by Crippen LogP contribution is -2.18.